The molecular weight excluding hydrogens is 278 g/mol. The van der Waals surface area contributed by atoms with Gasteiger partial charge in [-0.2, -0.15) is 0 Å². The zero-order valence-electron chi connectivity index (χ0n) is 12.7. The van der Waals surface area contributed by atoms with Crippen molar-refractivity contribution in [2.75, 3.05) is 18.0 Å². The van der Waals surface area contributed by atoms with Gasteiger partial charge in [0.15, 0.2) is 5.82 Å². The lowest BCUT2D eigenvalue weighted by atomic mass is 10.1. The van der Waals surface area contributed by atoms with Crippen molar-refractivity contribution in [3.63, 3.8) is 0 Å². The molecule has 1 aliphatic rings. The van der Waals surface area contributed by atoms with E-state index in [0.29, 0.717) is 11.9 Å². The zero-order chi connectivity index (χ0) is 15.4. The first-order valence-corrected chi connectivity index (χ1v) is 7.66. The second-order valence-electron chi connectivity index (χ2n) is 5.66. The minimum absolute atomic E-state index is 0.119. The van der Waals surface area contributed by atoms with Gasteiger partial charge >= 0.3 is 0 Å². The SMILES string of the molecule is Cc1ncccc1CNC1CCCN(c2ncc[nH]c2=O)C1. The Morgan fingerprint density at radius 1 is 1.41 bits per heavy atom. The molecular formula is C16H21N5O. The van der Waals surface area contributed by atoms with E-state index in [4.69, 9.17) is 0 Å². The van der Waals surface area contributed by atoms with Crippen LogP contribution in [0.2, 0.25) is 0 Å². The average Bonchev–Trinajstić information content (AvgIpc) is 2.55. The number of hydrogen-bond acceptors (Lipinski definition) is 5. The van der Waals surface area contributed by atoms with E-state index in [-0.39, 0.29) is 5.56 Å². The molecule has 22 heavy (non-hydrogen) atoms. The number of aromatic amines is 1. The largest absolute Gasteiger partial charge is 0.350 e. The summed E-state index contributed by atoms with van der Waals surface area (Å²) < 4.78 is 0. The van der Waals surface area contributed by atoms with Crippen LogP contribution in [0, 0.1) is 6.92 Å². The zero-order valence-corrected chi connectivity index (χ0v) is 12.7. The molecule has 0 aliphatic carbocycles. The standard InChI is InChI=1S/C16H21N5O/c1-12-13(4-2-6-17-12)10-20-14-5-3-9-21(11-14)15-16(22)19-8-7-18-15/h2,4,6-8,14,20H,3,5,9-11H2,1H3,(H,19,22). The third kappa shape index (κ3) is 3.33. The van der Waals surface area contributed by atoms with Crippen LogP contribution in [0.1, 0.15) is 24.1 Å². The summed E-state index contributed by atoms with van der Waals surface area (Å²) in [6.45, 7) is 4.51. The highest BCUT2D eigenvalue weighted by molar-refractivity contribution is 5.36. The van der Waals surface area contributed by atoms with Gasteiger partial charge in [-0.3, -0.25) is 9.78 Å². The first-order chi connectivity index (χ1) is 10.7. The van der Waals surface area contributed by atoms with Crippen molar-refractivity contribution in [2.24, 2.45) is 0 Å². The molecule has 0 saturated carbocycles. The molecule has 0 bridgehead atoms. The summed E-state index contributed by atoms with van der Waals surface area (Å²) in [5.41, 5.74) is 2.16. The Kier molecular flexibility index (Phi) is 4.48. The Labute approximate surface area is 129 Å². The van der Waals surface area contributed by atoms with Crippen molar-refractivity contribution in [3.05, 3.63) is 52.3 Å². The van der Waals surface area contributed by atoms with Gasteiger partial charge in [-0.25, -0.2) is 4.98 Å². The van der Waals surface area contributed by atoms with Gasteiger partial charge in [0.1, 0.15) is 0 Å². The minimum Gasteiger partial charge on any atom is -0.350 e. The fourth-order valence-electron chi connectivity index (χ4n) is 2.86. The Bertz CT molecular complexity index is 684. The predicted octanol–water partition coefficient (Wildman–Crippen LogP) is 1.23. The minimum atomic E-state index is -0.119. The molecule has 6 heteroatoms. The molecule has 1 aliphatic heterocycles. The van der Waals surface area contributed by atoms with Gasteiger partial charge in [0.05, 0.1) is 0 Å². The molecule has 3 heterocycles. The van der Waals surface area contributed by atoms with Crippen molar-refractivity contribution in [2.45, 2.75) is 32.4 Å². The van der Waals surface area contributed by atoms with Crippen LogP contribution in [0.5, 0.6) is 0 Å². The van der Waals surface area contributed by atoms with E-state index in [1.54, 1.807) is 12.4 Å². The molecule has 1 fully saturated rings. The van der Waals surface area contributed by atoms with Crippen LogP contribution >= 0.6 is 0 Å². The van der Waals surface area contributed by atoms with Gasteiger partial charge in [-0.1, -0.05) is 6.07 Å². The van der Waals surface area contributed by atoms with Crippen LogP contribution < -0.4 is 15.8 Å². The van der Waals surface area contributed by atoms with Gasteiger partial charge in [-0.15, -0.1) is 0 Å². The lowest BCUT2D eigenvalue weighted by Gasteiger charge is -2.33. The molecule has 1 atom stereocenters. The molecule has 6 nitrogen and oxygen atoms in total. The number of anilines is 1. The van der Waals surface area contributed by atoms with E-state index in [2.05, 4.69) is 31.2 Å². The first kappa shape index (κ1) is 14.7. The number of hydrogen-bond donors (Lipinski definition) is 2. The maximum atomic E-state index is 11.9. The summed E-state index contributed by atoms with van der Waals surface area (Å²) in [5.74, 6) is 0.520. The molecule has 3 rings (SSSR count). The number of rotatable bonds is 4. The van der Waals surface area contributed by atoms with Crippen LogP contribution in [-0.2, 0) is 6.54 Å². The van der Waals surface area contributed by atoms with Crippen LogP contribution in [-0.4, -0.2) is 34.1 Å². The van der Waals surface area contributed by atoms with Gasteiger partial charge in [0.25, 0.3) is 5.56 Å². The number of nitrogens with one attached hydrogen (secondary N) is 2. The van der Waals surface area contributed by atoms with Crippen molar-refractivity contribution in [3.8, 4) is 0 Å². The van der Waals surface area contributed by atoms with E-state index in [1.165, 1.54) is 5.56 Å². The molecule has 0 aromatic carbocycles. The summed E-state index contributed by atoms with van der Waals surface area (Å²) in [6.07, 6.45) is 7.18. The third-order valence-corrected chi connectivity index (χ3v) is 4.11. The third-order valence-electron chi connectivity index (χ3n) is 4.11. The van der Waals surface area contributed by atoms with E-state index in [0.717, 1.165) is 38.2 Å². The molecule has 0 radical (unpaired) electrons. The molecule has 0 spiro atoms. The lowest BCUT2D eigenvalue weighted by molar-refractivity contribution is 0.419. The topological polar surface area (TPSA) is 73.9 Å². The first-order valence-electron chi connectivity index (χ1n) is 7.66. The van der Waals surface area contributed by atoms with Crippen molar-refractivity contribution < 1.29 is 0 Å². The predicted molar refractivity (Wildman–Crippen MR) is 85.9 cm³/mol. The highest BCUT2D eigenvalue weighted by Gasteiger charge is 2.22. The smallest absolute Gasteiger partial charge is 0.290 e. The summed E-state index contributed by atoms with van der Waals surface area (Å²) in [5, 5.41) is 3.58. The number of piperidine rings is 1. The Hall–Kier alpha value is -2.21. The second-order valence-corrected chi connectivity index (χ2v) is 5.66. The molecule has 116 valence electrons. The van der Waals surface area contributed by atoms with Crippen molar-refractivity contribution in [1.29, 1.82) is 0 Å². The summed E-state index contributed by atoms with van der Waals surface area (Å²) in [7, 11) is 0. The van der Waals surface area contributed by atoms with Crippen LogP contribution in [0.4, 0.5) is 5.82 Å². The number of aromatic nitrogens is 3. The normalized spacial score (nSPS) is 18.4. The number of aryl methyl sites for hydroxylation is 1. The molecule has 2 aromatic rings. The van der Waals surface area contributed by atoms with Crippen LogP contribution in [0.15, 0.2) is 35.5 Å². The summed E-state index contributed by atoms with van der Waals surface area (Å²) in [6, 6.07) is 4.42. The molecule has 2 aromatic heterocycles. The summed E-state index contributed by atoms with van der Waals surface area (Å²) >= 11 is 0. The van der Waals surface area contributed by atoms with E-state index in [9.17, 15) is 4.79 Å². The molecule has 2 N–H and O–H groups in total. The Morgan fingerprint density at radius 3 is 3.14 bits per heavy atom. The fourth-order valence-corrected chi connectivity index (χ4v) is 2.86. The summed E-state index contributed by atoms with van der Waals surface area (Å²) in [4.78, 5) is 25.1. The number of pyridine rings is 1. The van der Waals surface area contributed by atoms with E-state index >= 15 is 0 Å². The monoisotopic (exact) mass is 299 g/mol. The van der Waals surface area contributed by atoms with Gasteiger partial charge < -0.3 is 15.2 Å². The number of H-pyrrole nitrogens is 1. The second kappa shape index (κ2) is 6.70. The van der Waals surface area contributed by atoms with Gasteiger partial charge in [-0.05, 0) is 31.4 Å². The van der Waals surface area contributed by atoms with Crippen LogP contribution in [0.3, 0.4) is 0 Å². The van der Waals surface area contributed by atoms with Gasteiger partial charge in [0, 0.05) is 50.0 Å². The lowest BCUT2D eigenvalue weighted by Crippen LogP contribution is -2.47. The highest BCUT2D eigenvalue weighted by Crippen LogP contribution is 2.15. The number of nitrogens with zero attached hydrogens (tertiary/aromatic N) is 3. The molecule has 1 saturated heterocycles. The maximum absolute atomic E-state index is 11.9. The molecule has 0 amide bonds. The van der Waals surface area contributed by atoms with Crippen molar-refractivity contribution >= 4 is 5.82 Å². The van der Waals surface area contributed by atoms with Crippen LogP contribution in [0.25, 0.3) is 0 Å². The Morgan fingerprint density at radius 2 is 2.32 bits per heavy atom. The van der Waals surface area contributed by atoms with E-state index in [1.807, 2.05) is 19.2 Å². The quantitative estimate of drug-likeness (QED) is 0.888. The fraction of sp³-hybridized carbons (Fsp3) is 0.438. The van der Waals surface area contributed by atoms with Gasteiger partial charge in [0.2, 0.25) is 0 Å². The Balaban J connectivity index is 1.63. The maximum Gasteiger partial charge on any atom is 0.290 e. The molecule has 1 unspecified atom stereocenters. The van der Waals surface area contributed by atoms with E-state index < -0.39 is 0 Å². The van der Waals surface area contributed by atoms with Crippen molar-refractivity contribution in [1.82, 2.24) is 20.3 Å². The average molecular weight is 299 g/mol. The highest BCUT2D eigenvalue weighted by atomic mass is 16.1.